The van der Waals surface area contributed by atoms with Crippen molar-refractivity contribution < 1.29 is 9.15 Å². The first-order valence-electron chi connectivity index (χ1n) is 8.30. The molecule has 1 atom stereocenters. The Labute approximate surface area is 137 Å². The first kappa shape index (κ1) is 17.3. The van der Waals surface area contributed by atoms with Crippen molar-refractivity contribution in [1.82, 2.24) is 15.1 Å². The summed E-state index contributed by atoms with van der Waals surface area (Å²) < 4.78 is 11.3. The van der Waals surface area contributed by atoms with Crippen molar-refractivity contribution in [2.24, 2.45) is 10.9 Å². The zero-order chi connectivity index (χ0) is 16.7. The summed E-state index contributed by atoms with van der Waals surface area (Å²) in [5.74, 6) is 1.12. The van der Waals surface area contributed by atoms with Gasteiger partial charge in [0.2, 0.25) is 5.89 Å². The van der Waals surface area contributed by atoms with Crippen molar-refractivity contribution in [1.29, 1.82) is 0 Å². The van der Waals surface area contributed by atoms with Crippen molar-refractivity contribution in [3.05, 3.63) is 5.89 Å². The Kier molecular flexibility index (Phi) is 6.41. The summed E-state index contributed by atoms with van der Waals surface area (Å²) in [6.45, 7) is 9.17. The van der Waals surface area contributed by atoms with Crippen LogP contribution in [-0.2, 0) is 11.2 Å². The lowest BCUT2D eigenvalue weighted by atomic mass is 9.86. The van der Waals surface area contributed by atoms with Gasteiger partial charge in [-0.2, -0.15) is 0 Å². The van der Waals surface area contributed by atoms with Crippen LogP contribution >= 0.6 is 0 Å². The van der Waals surface area contributed by atoms with Crippen molar-refractivity contribution in [3.8, 4) is 12.5 Å². The Morgan fingerprint density at radius 1 is 1.43 bits per heavy atom. The minimum Gasteiger partial charge on any atom is -0.459 e. The summed E-state index contributed by atoms with van der Waals surface area (Å²) in [4.78, 5) is 6.30. The van der Waals surface area contributed by atoms with Crippen LogP contribution in [0.15, 0.2) is 9.41 Å². The van der Waals surface area contributed by atoms with Crippen molar-refractivity contribution >= 4 is 12.0 Å². The summed E-state index contributed by atoms with van der Waals surface area (Å²) in [5, 5.41) is 10.6. The molecule has 3 fully saturated rings. The smallest absolute Gasteiger partial charge is 0.323 e. The maximum absolute atomic E-state index is 5.94. The van der Waals surface area contributed by atoms with Crippen molar-refractivity contribution in [2.75, 3.05) is 25.0 Å². The van der Waals surface area contributed by atoms with Gasteiger partial charge in [-0.1, -0.05) is 32.3 Å². The standard InChI is InChI=1S/C14H19N5O2.C2H6/c1-3-12-17-18-14(21-12)16-13(15-4-2)20-11-9-19-7-5-10(11)6-8-19;1-2/h2,10-11H,3,5-9H2,1H3,(H,15,16,18);1-2H3/t11-;/m0./s1. The van der Waals surface area contributed by atoms with Gasteiger partial charge in [-0.05, 0) is 31.8 Å². The summed E-state index contributed by atoms with van der Waals surface area (Å²) in [6, 6.07) is 2.74. The molecule has 3 aliphatic heterocycles. The molecule has 23 heavy (non-hydrogen) atoms. The Hall–Kier alpha value is -2.07. The van der Waals surface area contributed by atoms with Crippen molar-refractivity contribution in [3.63, 3.8) is 0 Å². The van der Waals surface area contributed by atoms with Crippen LogP contribution in [0.2, 0.25) is 0 Å². The zero-order valence-corrected chi connectivity index (χ0v) is 14.1. The molecule has 1 aromatic rings. The molecule has 0 radical (unpaired) electrons. The number of anilines is 1. The van der Waals surface area contributed by atoms with E-state index in [1.54, 1.807) is 0 Å². The second kappa shape index (κ2) is 8.53. The van der Waals surface area contributed by atoms with Gasteiger partial charge in [0.1, 0.15) is 6.10 Å². The number of nitrogens with zero attached hydrogens (tertiary/aromatic N) is 4. The van der Waals surface area contributed by atoms with Crippen LogP contribution in [0.3, 0.4) is 0 Å². The second-order valence-electron chi connectivity index (χ2n) is 5.32. The van der Waals surface area contributed by atoms with Crippen LogP contribution in [0.4, 0.5) is 6.01 Å². The number of aromatic nitrogens is 2. The van der Waals surface area contributed by atoms with Crippen LogP contribution < -0.4 is 5.32 Å². The first-order chi connectivity index (χ1) is 11.3. The predicted molar refractivity (Wildman–Crippen MR) is 89.0 cm³/mol. The highest BCUT2D eigenvalue weighted by Crippen LogP contribution is 2.29. The summed E-state index contributed by atoms with van der Waals surface area (Å²) in [6.07, 6.45) is 8.37. The number of rotatable bonds is 3. The van der Waals surface area contributed by atoms with Gasteiger partial charge in [0.25, 0.3) is 0 Å². The monoisotopic (exact) mass is 319 g/mol. The van der Waals surface area contributed by atoms with Gasteiger partial charge in [-0.25, -0.2) is 0 Å². The lowest BCUT2D eigenvalue weighted by molar-refractivity contribution is -0.0146. The molecule has 0 amide bonds. The van der Waals surface area contributed by atoms with E-state index >= 15 is 0 Å². The number of piperidine rings is 3. The summed E-state index contributed by atoms with van der Waals surface area (Å²) >= 11 is 0. The van der Waals surface area contributed by atoms with Gasteiger partial charge >= 0.3 is 12.0 Å². The fourth-order valence-electron chi connectivity index (χ4n) is 2.87. The average molecular weight is 319 g/mol. The van der Waals surface area contributed by atoms with Gasteiger partial charge < -0.3 is 9.15 Å². The molecule has 126 valence electrons. The fraction of sp³-hybridized carbons (Fsp3) is 0.688. The maximum Gasteiger partial charge on any atom is 0.323 e. The third kappa shape index (κ3) is 4.45. The largest absolute Gasteiger partial charge is 0.459 e. The van der Waals surface area contributed by atoms with E-state index in [-0.39, 0.29) is 18.1 Å². The van der Waals surface area contributed by atoms with Crippen molar-refractivity contribution in [2.45, 2.75) is 46.1 Å². The van der Waals surface area contributed by atoms with E-state index in [0.29, 0.717) is 18.2 Å². The number of hydrogen-bond acceptors (Lipinski definition) is 6. The minimum atomic E-state index is 0.112. The fourth-order valence-corrected chi connectivity index (χ4v) is 2.87. The quantitative estimate of drug-likeness (QED) is 0.522. The molecule has 0 aromatic carbocycles. The molecule has 7 heteroatoms. The molecular weight excluding hydrogens is 294 g/mol. The molecule has 0 spiro atoms. The van der Waals surface area contributed by atoms with Crippen LogP contribution in [-0.4, -0.2) is 46.9 Å². The van der Waals surface area contributed by atoms with Gasteiger partial charge in [0.15, 0.2) is 0 Å². The van der Waals surface area contributed by atoms with E-state index in [2.05, 4.69) is 31.5 Å². The number of aryl methyl sites for hydroxylation is 1. The highest BCUT2D eigenvalue weighted by molar-refractivity contribution is 5.87. The Morgan fingerprint density at radius 3 is 2.70 bits per heavy atom. The van der Waals surface area contributed by atoms with Gasteiger partial charge in [0.05, 0.1) is 0 Å². The Balaban J connectivity index is 0.000000924. The molecule has 2 bridgehead atoms. The lowest BCUT2D eigenvalue weighted by Gasteiger charge is -2.44. The molecule has 7 nitrogen and oxygen atoms in total. The third-order valence-corrected chi connectivity index (χ3v) is 4.01. The zero-order valence-electron chi connectivity index (χ0n) is 14.1. The molecule has 1 N–H and O–H groups in total. The summed E-state index contributed by atoms with van der Waals surface area (Å²) in [7, 11) is 0. The van der Waals surface area contributed by atoms with E-state index in [0.717, 1.165) is 32.5 Å². The highest BCUT2D eigenvalue weighted by atomic mass is 16.5. The van der Waals surface area contributed by atoms with Crippen LogP contribution in [0.1, 0.15) is 39.5 Å². The molecule has 4 rings (SSSR count). The third-order valence-electron chi connectivity index (χ3n) is 4.01. The van der Waals surface area contributed by atoms with E-state index in [1.165, 1.54) is 0 Å². The van der Waals surface area contributed by atoms with Gasteiger partial charge in [-0.3, -0.25) is 10.2 Å². The van der Waals surface area contributed by atoms with E-state index < -0.39 is 0 Å². The molecule has 4 heterocycles. The number of aliphatic imine (C=N–C) groups is 1. The number of amidine groups is 1. The first-order valence-corrected chi connectivity index (χ1v) is 8.30. The Bertz CT molecular complexity index is 555. The molecule has 0 saturated carbocycles. The topological polar surface area (TPSA) is 75.8 Å². The normalized spacial score (nSPS) is 26.0. The maximum atomic E-state index is 5.94. The second-order valence-corrected chi connectivity index (χ2v) is 5.32. The molecule has 0 aliphatic carbocycles. The van der Waals surface area contributed by atoms with Crippen LogP contribution in [0.25, 0.3) is 0 Å². The van der Waals surface area contributed by atoms with E-state index in [9.17, 15) is 0 Å². The van der Waals surface area contributed by atoms with E-state index in [4.69, 9.17) is 15.6 Å². The lowest BCUT2D eigenvalue weighted by Crippen LogP contribution is -2.52. The number of ether oxygens (including phenoxy) is 1. The molecule has 3 saturated heterocycles. The van der Waals surface area contributed by atoms with Gasteiger partial charge in [0, 0.05) is 19.0 Å². The molecule has 0 unspecified atom stereocenters. The van der Waals surface area contributed by atoms with Crippen LogP contribution in [0, 0.1) is 18.4 Å². The summed E-state index contributed by atoms with van der Waals surface area (Å²) in [5.41, 5.74) is 0. The van der Waals surface area contributed by atoms with Gasteiger partial charge in [-0.15, -0.1) is 10.1 Å². The number of hydrogen-bond donors (Lipinski definition) is 1. The van der Waals surface area contributed by atoms with Crippen LogP contribution in [0.5, 0.6) is 0 Å². The molecule has 3 aliphatic rings. The minimum absolute atomic E-state index is 0.112. The molecular formula is C16H25N5O2. The highest BCUT2D eigenvalue weighted by Gasteiger charge is 2.36. The average Bonchev–Trinajstić information content (AvgIpc) is 3.06. The number of terminal acetylenes is 1. The Morgan fingerprint density at radius 2 is 2.17 bits per heavy atom. The predicted octanol–water partition coefficient (Wildman–Crippen LogP) is 2.13. The SMILES string of the molecule is C#CN=C(Nc1nnc(CC)o1)O[C@H]1CN2CCC1CC2.CC. The molecule has 1 aromatic heterocycles. The number of fused-ring (bicyclic) bond motifs is 3. The number of nitrogens with one attached hydrogen (secondary N) is 1. The van der Waals surface area contributed by atoms with E-state index in [1.807, 2.05) is 20.8 Å².